The highest BCUT2D eigenvalue weighted by molar-refractivity contribution is 6.21. The number of carbonyl (C=O) groups is 2. The van der Waals surface area contributed by atoms with E-state index in [1.54, 1.807) is 17.0 Å². The number of hydrogen-bond donors (Lipinski definition) is 0. The van der Waals surface area contributed by atoms with Gasteiger partial charge in [0.15, 0.2) is 0 Å². The molecule has 1 aromatic carbocycles. The first-order valence-corrected chi connectivity index (χ1v) is 7.98. The lowest BCUT2D eigenvalue weighted by Gasteiger charge is -2.46. The third-order valence-corrected chi connectivity index (χ3v) is 5.21. The molecule has 110 valence electrons. The number of carbonyl (C=O) groups excluding carboxylic acids is 2. The maximum atomic E-state index is 12.7. The van der Waals surface area contributed by atoms with E-state index in [0.717, 1.165) is 32.4 Å². The van der Waals surface area contributed by atoms with Gasteiger partial charge in [0, 0.05) is 6.04 Å². The van der Waals surface area contributed by atoms with Gasteiger partial charge in [-0.05, 0) is 50.9 Å². The van der Waals surface area contributed by atoms with E-state index in [-0.39, 0.29) is 17.9 Å². The van der Waals surface area contributed by atoms with Gasteiger partial charge in [0.2, 0.25) is 0 Å². The zero-order valence-electron chi connectivity index (χ0n) is 12.1. The first kappa shape index (κ1) is 13.0. The van der Waals surface area contributed by atoms with Crippen molar-refractivity contribution < 1.29 is 9.59 Å². The Balaban J connectivity index is 1.67. The van der Waals surface area contributed by atoms with Gasteiger partial charge in [0.1, 0.15) is 0 Å². The molecule has 0 N–H and O–H groups in total. The first-order valence-electron chi connectivity index (χ1n) is 7.98. The van der Waals surface area contributed by atoms with Crippen molar-refractivity contribution in [3.05, 3.63) is 35.4 Å². The summed E-state index contributed by atoms with van der Waals surface area (Å²) >= 11 is 0. The van der Waals surface area contributed by atoms with Crippen molar-refractivity contribution in [2.45, 2.75) is 44.2 Å². The van der Waals surface area contributed by atoms with Crippen LogP contribution in [0.2, 0.25) is 0 Å². The fraction of sp³-hybridized carbons (Fsp3) is 0.529. The molecule has 4 nitrogen and oxygen atoms in total. The van der Waals surface area contributed by atoms with E-state index >= 15 is 0 Å². The molecule has 2 saturated heterocycles. The van der Waals surface area contributed by atoms with Crippen LogP contribution in [0.25, 0.3) is 0 Å². The quantitative estimate of drug-likeness (QED) is 0.743. The highest BCUT2D eigenvalue weighted by atomic mass is 16.2. The molecule has 0 unspecified atom stereocenters. The molecule has 0 aromatic heterocycles. The smallest absolute Gasteiger partial charge is 0.261 e. The number of amides is 2. The molecule has 0 bridgehead atoms. The summed E-state index contributed by atoms with van der Waals surface area (Å²) in [6.07, 6.45) is 5.59. The van der Waals surface area contributed by atoms with Gasteiger partial charge in [0.05, 0.1) is 17.2 Å². The molecule has 0 spiro atoms. The lowest BCUT2D eigenvalue weighted by molar-refractivity contribution is 0.0192. The van der Waals surface area contributed by atoms with E-state index in [1.807, 2.05) is 12.1 Å². The van der Waals surface area contributed by atoms with Crippen molar-refractivity contribution in [3.63, 3.8) is 0 Å². The van der Waals surface area contributed by atoms with Crippen LogP contribution in [0.3, 0.4) is 0 Å². The van der Waals surface area contributed by atoms with Crippen LogP contribution in [0.5, 0.6) is 0 Å². The van der Waals surface area contributed by atoms with Crippen molar-refractivity contribution in [3.8, 4) is 0 Å². The van der Waals surface area contributed by atoms with Crippen molar-refractivity contribution in [2.75, 3.05) is 13.1 Å². The Morgan fingerprint density at radius 3 is 2.14 bits per heavy atom. The molecule has 4 rings (SSSR count). The average Bonchev–Trinajstić information content (AvgIpc) is 2.79. The average molecular weight is 284 g/mol. The fourth-order valence-electron chi connectivity index (χ4n) is 4.24. The third-order valence-electron chi connectivity index (χ3n) is 5.21. The zero-order chi connectivity index (χ0) is 14.4. The summed E-state index contributed by atoms with van der Waals surface area (Å²) in [7, 11) is 0. The lowest BCUT2D eigenvalue weighted by atomic mass is 9.88. The van der Waals surface area contributed by atoms with Gasteiger partial charge in [-0.3, -0.25) is 19.4 Å². The summed E-state index contributed by atoms with van der Waals surface area (Å²) in [5.41, 5.74) is 1.16. The highest BCUT2D eigenvalue weighted by Gasteiger charge is 2.45. The Morgan fingerprint density at radius 2 is 1.43 bits per heavy atom. The Morgan fingerprint density at radius 1 is 0.810 bits per heavy atom. The minimum absolute atomic E-state index is 0.0615. The molecule has 1 aromatic rings. The number of piperidine rings is 2. The second kappa shape index (κ2) is 4.95. The molecular formula is C17H20N2O2. The van der Waals surface area contributed by atoms with E-state index in [1.165, 1.54) is 12.8 Å². The van der Waals surface area contributed by atoms with Gasteiger partial charge in [-0.25, -0.2) is 0 Å². The van der Waals surface area contributed by atoms with Gasteiger partial charge in [0.25, 0.3) is 11.8 Å². The molecule has 4 heteroatoms. The summed E-state index contributed by atoms with van der Waals surface area (Å²) in [5.74, 6) is -0.180. The van der Waals surface area contributed by atoms with E-state index in [0.29, 0.717) is 17.2 Å². The van der Waals surface area contributed by atoms with Gasteiger partial charge < -0.3 is 0 Å². The fourth-order valence-corrected chi connectivity index (χ4v) is 4.24. The van der Waals surface area contributed by atoms with Crippen LogP contribution in [0, 0.1) is 0 Å². The standard InChI is InChI=1S/C17H20N2O2/c20-16-12-6-1-2-7-13(12)17(21)19(16)15-9-5-11-18-10-4-3-8-14(15)18/h1-2,6-7,14-15H,3-5,8-11H2/t14-,15+/m0/s1. The van der Waals surface area contributed by atoms with Crippen molar-refractivity contribution in [1.82, 2.24) is 9.80 Å². The normalized spacial score (nSPS) is 29.4. The number of rotatable bonds is 1. The molecule has 21 heavy (non-hydrogen) atoms. The number of nitrogens with zero attached hydrogens (tertiary/aromatic N) is 2. The van der Waals surface area contributed by atoms with E-state index in [9.17, 15) is 9.59 Å². The summed E-state index contributed by atoms with van der Waals surface area (Å²) in [6, 6.07) is 7.65. The Bertz CT molecular complexity index is 561. The Kier molecular flexibility index (Phi) is 3.07. The highest BCUT2D eigenvalue weighted by Crippen LogP contribution is 2.34. The molecule has 3 aliphatic rings. The third kappa shape index (κ3) is 1.93. The topological polar surface area (TPSA) is 40.6 Å². The predicted molar refractivity (Wildman–Crippen MR) is 79.2 cm³/mol. The molecule has 3 heterocycles. The molecular weight excluding hydrogens is 264 g/mol. The second-order valence-electron chi connectivity index (χ2n) is 6.33. The summed E-state index contributed by atoms with van der Waals surface area (Å²) in [4.78, 5) is 29.4. The molecule has 2 atom stereocenters. The Hall–Kier alpha value is -1.68. The molecule has 3 aliphatic heterocycles. The Labute approximate surface area is 124 Å². The van der Waals surface area contributed by atoms with Crippen LogP contribution in [-0.4, -0.2) is 46.8 Å². The summed E-state index contributed by atoms with van der Waals surface area (Å²) in [5, 5.41) is 0. The van der Waals surface area contributed by atoms with Crippen molar-refractivity contribution in [1.29, 1.82) is 0 Å². The minimum atomic E-state index is -0.0898. The van der Waals surface area contributed by atoms with Crippen molar-refractivity contribution >= 4 is 11.8 Å². The molecule has 2 amide bonds. The first-order chi connectivity index (χ1) is 10.3. The molecule has 2 fully saturated rings. The van der Waals surface area contributed by atoms with Crippen LogP contribution < -0.4 is 0 Å². The van der Waals surface area contributed by atoms with Crippen LogP contribution >= 0.6 is 0 Å². The van der Waals surface area contributed by atoms with Gasteiger partial charge in [-0.15, -0.1) is 0 Å². The van der Waals surface area contributed by atoms with Gasteiger partial charge in [-0.1, -0.05) is 18.6 Å². The minimum Gasteiger partial charge on any atom is -0.298 e. The van der Waals surface area contributed by atoms with Crippen LogP contribution in [-0.2, 0) is 0 Å². The van der Waals surface area contributed by atoms with Crippen molar-refractivity contribution in [2.24, 2.45) is 0 Å². The van der Waals surface area contributed by atoms with Crippen LogP contribution in [0.4, 0.5) is 0 Å². The SMILES string of the molecule is O=C1c2ccccc2C(=O)N1[C@@H]1CCCN2CCCC[C@@H]12. The number of imide groups is 1. The largest absolute Gasteiger partial charge is 0.298 e. The number of fused-ring (bicyclic) bond motifs is 2. The summed E-state index contributed by atoms with van der Waals surface area (Å²) < 4.78 is 0. The van der Waals surface area contributed by atoms with Crippen LogP contribution in [0.1, 0.15) is 52.8 Å². The van der Waals surface area contributed by atoms with E-state index in [4.69, 9.17) is 0 Å². The van der Waals surface area contributed by atoms with Gasteiger partial charge >= 0.3 is 0 Å². The maximum absolute atomic E-state index is 12.7. The molecule has 0 radical (unpaired) electrons. The van der Waals surface area contributed by atoms with E-state index < -0.39 is 0 Å². The molecule has 0 aliphatic carbocycles. The summed E-state index contributed by atoms with van der Waals surface area (Å²) in [6.45, 7) is 2.23. The number of hydrogen-bond acceptors (Lipinski definition) is 3. The second-order valence-corrected chi connectivity index (χ2v) is 6.33. The van der Waals surface area contributed by atoms with Gasteiger partial charge in [-0.2, -0.15) is 0 Å². The monoisotopic (exact) mass is 284 g/mol. The number of benzene rings is 1. The zero-order valence-corrected chi connectivity index (χ0v) is 12.1. The lowest BCUT2D eigenvalue weighted by Crippen LogP contribution is -2.58. The predicted octanol–water partition coefficient (Wildman–Crippen LogP) is 2.30. The van der Waals surface area contributed by atoms with Crippen LogP contribution in [0.15, 0.2) is 24.3 Å². The van der Waals surface area contributed by atoms with E-state index in [2.05, 4.69) is 4.90 Å². The maximum Gasteiger partial charge on any atom is 0.261 e. The molecule has 0 saturated carbocycles.